The van der Waals surface area contributed by atoms with E-state index in [9.17, 15) is 8.78 Å². The SMILES string of the molecule is CCCCCCCCCCOc1ccc(C(C)CCC(CC)c2nncs2)c(F)c1F. The molecule has 6 heteroatoms. The molecule has 31 heavy (non-hydrogen) atoms. The third-order valence-electron chi connectivity index (χ3n) is 6.03. The molecule has 1 aromatic heterocycles. The maximum absolute atomic E-state index is 14.7. The minimum Gasteiger partial charge on any atom is -0.490 e. The van der Waals surface area contributed by atoms with Crippen molar-refractivity contribution in [2.24, 2.45) is 0 Å². The van der Waals surface area contributed by atoms with Gasteiger partial charge in [-0.2, -0.15) is 4.39 Å². The summed E-state index contributed by atoms with van der Waals surface area (Å²) in [6, 6.07) is 3.26. The predicted octanol–water partition coefficient (Wildman–Crippen LogP) is 8.41. The summed E-state index contributed by atoms with van der Waals surface area (Å²) in [7, 11) is 0. The number of rotatable bonds is 16. The third-order valence-corrected chi connectivity index (χ3v) is 6.89. The number of halogens is 2. The second kappa shape index (κ2) is 14.5. The van der Waals surface area contributed by atoms with Gasteiger partial charge in [-0.25, -0.2) is 4.39 Å². The molecule has 2 atom stereocenters. The molecular weight excluding hydrogens is 414 g/mol. The van der Waals surface area contributed by atoms with E-state index in [4.69, 9.17) is 4.74 Å². The van der Waals surface area contributed by atoms with Gasteiger partial charge in [0, 0.05) is 5.92 Å². The van der Waals surface area contributed by atoms with E-state index in [0.29, 0.717) is 18.1 Å². The van der Waals surface area contributed by atoms with Crippen LogP contribution >= 0.6 is 11.3 Å². The second-order valence-electron chi connectivity index (χ2n) is 8.46. The summed E-state index contributed by atoms with van der Waals surface area (Å²) >= 11 is 1.55. The van der Waals surface area contributed by atoms with Crippen molar-refractivity contribution in [3.05, 3.63) is 39.8 Å². The summed E-state index contributed by atoms with van der Waals surface area (Å²) in [5.74, 6) is -1.36. The molecule has 0 saturated carbocycles. The van der Waals surface area contributed by atoms with Crippen LogP contribution in [0.25, 0.3) is 0 Å². The molecule has 0 bridgehead atoms. The first-order valence-electron chi connectivity index (χ1n) is 11.9. The van der Waals surface area contributed by atoms with Crippen molar-refractivity contribution in [3.8, 4) is 5.75 Å². The highest BCUT2D eigenvalue weighted by Crippen LogP contribution is 2.33. The molecule has 0 aliphatic carbocycles. The Balaban J connectivity index is 1.77. The third kappa shape index (κ3) is 8.47. The monoisotopic (exact) mass is 452 g/mol. The van der Waals surface area contributed by atoms with Crippen molar-refractivity contribution in [3.63, 3.8) is 0 Å². The van der Waals surface area contributed by atoms with E-state index >= 15 is 0 Å². The maximum atomic E-state index is 14.7. The van der Waals surface area contributed by atoms with Crippen LogP contribution in [0.15, 0.2) is 17.6 Å². The van der Waals surface area contributed by atoms with Crippen LogP contribution in [0.4, 0.5) is 8.78 Å². The zero-order valence-electron chi connectivity index (χ0n) is 19.3. The lowest BCUT2D eigenvalue weighted by atomic mass is 9.90. The highest BCUT2D eigenvalue weighted by Gasteiger charge is 2.21. The van der Waals surface area contributed by atoms with Gasteiger partial charge in [-0.05, 0) is 43.2 Å². The average Bonchev–Trinajstić information content (AvgIpc) is 3.30. The molecule has 0 aliphatic rings. The van der Waals surface area contributed by atoms with Gasteiger partial charge in [0.15, 0.2) is 11.6 Å². The lowest BCUT2D eigenvalue weighted by molar-refractivity contribution is 0.284. The maximum Gasteiger partial charge on any atom is 0.200 e. The van der Waals surface area contributed by atoms with Gasteiger partial charge in [0.2, 0.25) is 5.82 Å². The fourth-order valence-corrected chi connectivity index (χ4v) is 4.70. The molecule has 1 heterocycles. The van der Waals surface area contributed by atoms with E-state index < -0.39 is 11.6 Å². The number of nitrogens with zero attached hydrogens (tertiary/aromatic N) is 2. The molecule has 3 nitrogen and oxygen atoms in total. The topological polar surface area (TPSA) is 35.0 Å². The smallest absolute Gasteiger partial charge is 0.200 e. The number of hydrogen-bond acceptors (Lipinski definition) is 4. The van der Waals surface area contributed by atoms with Crippen molar-refractivity contribution in [2.45, 2.75) is 103 Å². The van der Waals surface area contributed by atoms with E-state index in [1.807, 2.05) is 6.92 Å². The number of hydrogen-bond donors (Lipinski definition) is 0. The van der Waals surface area contributed by atoms with Gasteiger partial charge in [0.1, 0.15) is 10.5 Å². The van der Waals surface area contributed by atoms with Crippen LogP contribution in [0.3, 0.4) is 0 Å². The fraction of sp³-hybridized carbons (Fsp3) is 0.680. The Morgan fingerprint density at radius 2 is 1.65 bits per heavy atom. The summed E-state index contributed by atoms with van der Waals surface area (Å²) in [4.78, 5) is 0. The molecule has 2 aromatic rings. The highest BCUT2D eigenvalue weighted by molar-refractivity contribution is 7.09. The summed E-state index contributed by atoms with van der Waals surface area (Å²) in [6.45, 7) is 6.72. The molecule has 2 rings (SSSR count). The van der Waals surface area contributed by atoms with E-state index in [1.165, 1.54) is 38.5 Å². The van der Waals surface area contributed by atoms with Crippen molar-refractivity contribution >= 4 is 11.3 Å². The Hall–Kier alpha value is -1.56. The Morgan fingerprint density at radius 3 is 2.29 bits per heavy atom. The highest BCUT2D eigenvalue weighted by atomic mass is 32.1. The quantitative estimate of drug-likeness (QED) is 0.240. The van der Waals surface area contributed by atoms with Crippen LogP contribution < -0.4 is 4.74 Å². The second-order valence-corrected chi connectivity index (χ2v) is 9.33. The largest absolute Gasteiger partial charge is 0.490 e. The van der Waals surface area contributed by atoms with Crippen molar-refractivity contribution in [1.82, 2.24) is 10.2 Å². The van der Waals surface area contributed by atoms with Crippen LogP contribution in [0.1, 0.15) is 114 Å². The van der Waals surface area contributed by atoms with E-state index in [-0.39, 0.29) is 11.7 Å². The Bertz CT molecular complexity index is 739. The molecule has 0 aliphatic heterocycles. The number of benzene rings is 1. The van der Waals surface area contributed by atoms with E-state index in [1.54, 1.807) is 29.0 Å². The first-order chi connectivity index (χ1) is 15.1. The van der Waals surface area contributed by atoms with E-state index in [2.05, 4.69) is 24.0 Å². The number of unbranched alkanes of at least 4 members (excludes halogenated alkanes) is 7. The molecule has 0 amide bonds. The number of ether oxygens (including phenoxy) is 1. The summed E-state index contributed by atoms with van der Waals surface area (Å²) < 4.78 is 34.8. The first kappa shape index (κ1) is 25.7. The minimum absolute atomic E-state index is 0.0247. The van der Waals surface area contributed by atoms with Crippen LogP contribution in [-0.2, 0) is 0 Å². The molecule has 0 spiro atoms. The van der Waals surface area contributed by atoms with Crippen molar-refractivity contribution in [2.75, 3.05) is 6.61 Å². The van der Waals surface area contributed by atoms with Gasteiger partial charge in [0.05, 0.1) is 6.61 Å². The molecule has 1 aromatic carbocycles. The first-order valence-corrected chi connectivity index (χ1v) is 12.8. The molecule has 2 unspecified atom stereocenters. The summed E-state index contributed by atoms with van der Waals surface area (Å²) in [5, 5.41) is 9.09. The van der Waals surface area contributed by atoms with Gasteiger partial charge in [-0.3, -0.25) is 0 Å². The van der Waals surface area contributed by atoms with Crippen LogP contribution in [0.5, 0.6) is 5.75 Å². The molecule has 0 radical (unpaired) electrons. The average molecular weight is 453 g/mol. The van der Waals surface area contributed by atoms with Crippen molar-refractivity contribution < 1.29 is 13.5 Å². The van der Waals surface area contributed by atoms with Gasteiger partial charge < -0.3 is 4.74 Å². The number of aromatic nitrogens is 2. The summed E-state index contributed by atoms with van der Waals surface area (Å²) in [5.41, 5.74) is 2.16. The Labute approximate surface area is 190 Å². The van der Waals surface area contributed by atoms with Gasteiger partial charge in [-0.15, -0.1) is 21.5 Å². The molecule has 174 valence electrons. The minimum atomic E-state index is -0.861. The Kier molecular flexibility index (Phi) is 12.0. The zero-order valence-corrected chi connectivity index (χ0v) is 20.2. The van der Waals surface area contributed by atoms with Crippen LogP contribution in [0, 0.1) is 11.6 Å². The molecule has 0 saturated heterocycles. The van der Waals surface area contributed by atoms with E-state index in [0.717, 1.165) is 37.1 Å². The predicted molar refractivity (Wildman–Crippen MR) is 125 cm³/mol. The van der Waals surface area contributed by atoms with Gasteiger partial charge in [-0.1, -0.05) is 71.8 Å². The standard InChI is InChI=1S/C25H38F2N2OS/c1-4-6-7-8-9-10-11-12-17-30-22-16-15-21(23(26)24(22)27)19(3)13-14-20(5-2)25-29-28-18-31-25/h15-16,18-20H,4-14,17H2,1-3H3. The molecule has 0 fully saturated rings. The van der Waals surface area contributed by atoms with Gasteiger partial charge in [0.25, 0.3) is 0 Å². The van der Waals surface area contributed by atoms with Crippen LogP contribution in [0.2, 0.25) is 0 Å². The normalized spacial score (nSPS) is 13.3. The lowest BCUT2D eigenvalue weighted by Gasteiger charge is -2.18. The van der Waals surface area contributed by atoms with Crippen molar-refractivity contribution in [1.29, 1.82) is 0 Å². The molecular formula is C25H38F2N2OS. The zero-order chi connectivity index (χ0) is 22.5. The fourth-order valence-electron chi connectivity index (χ4n) is 3.93. The van der Waals surface area contributed by atoms with Gasteiger partial charge >= 0.3 is 0 Å². The molecule has 0 N–H and O–H groups in total. The Morgan fingerprint density at radius 1 is 0.935 bits per heavy atom. The lowest BCUT2D eigenvalue weighted by Crippen LogP contribution is -2.06. The summed E-state index contributed by atoms with van der Waals surface area (Å²) in [6.07, 6.45) is 12.1. The van der Waals surface area contributed by atoms with Crippen LogP contribution in [-0.4, -0.2) is 16.8 Å².